The molecule has 0 aromatic heterocycles. The monoisotopic (exact) mass is 464 g/mol. The quantitative estimate of drug-likeness (QED) is 0.277. The normalized spacial score (nSPS) is 11.8. The SMILES string of the molecule is CCOc1ccc(-c2ccc(-c3ccc4c(F)c(C(F)(F)F)c(F)cc4c3)c(F)c2)c(F)c1. The van der Waals surface area contributed by atoms with Gasteiger partial charge in [0.05, 0.1) is 6.61 Å². The molecule has 0 aliphatic carbocycles. The summed E-state index contributed by atoms with van der Waals surface area (Å²) in [5.41, 5.74) is -1.35. The number of hydrogen-bond donors (Lipinski definition) is 0. The molecule has 0 bridgehead atoms. The van der Waals surface area contributed by atoms with Crippen LogP contribution in [0.1, 0.15) is 12.5 Å². The second-order valence-corrected chi connectivity index (χ2v) is 7.25. The smallest absolute Gasteiger partial charge is 0.422 e. The van der Waals surface area contributed by atoms with Gasteiger partial charge in [0.1, 0.15) is 34.6 Å². The molecule has 0 amide bonds. The van der Waals surface area contributed by atoms with Crippen LogP contribution in [0.25, 0.3) is 33.0 Å². The lowest BCUT2D eigenvalue weighted by Crippen LogP contribution is -2.11. The van der Waals surface area contributed by atoms with Crippen LogP contribution in [-0.2, 0) is 6.18 Å². The molecule has 0 spiro atoms. The topological polar surface area (TPSA) is 9.23 Å². The van der Waals surface area contributed by atoms with E-state index < -0.39 is 40.4 Å². The summed E-state index contributed by atoms with van der Waals surface area (Å²) in [5.74, 6) is -4.50. The van der Waals surface area contributed by atoms with Gasteiger partial charge in [0.15, 0.2) is 0 Å². The van der Waals surface area contributed by atoms with Gasteiger partial charge in [-0.1, -0.05) is 24.3 Å². The third-order valence-electron chi connectivity index (χ3n) is 5.15. The Balaban J connectivity index is 1.75. The summed E-state index contributed by atoms with van der Waals surface area (Å²) in [4.78, 5) is 0. The fourth-order valence-electron chi connectivity index (χ4n) is 3.66. The van der Waals surface area contributed by atoms with E-state index in [2.05, 4.69) is 0 Å². The summed E-state index contributed by atoms with van der Waals surface area (Å²) >= 11 is 0. The average Bonchev–Trinajstić information content (AvgIpc) is 2.72. The summed E-state index contributed by atoms with van der Waals surface area (Å²) in [7, 11) is 0. The summed E-state index contributed by atoms with van der Waals surface area (Å²) in [6, 6.07) is 12.1. The van der Waals surface area contributed by atoms with Crippen LogP contribution in [0, 0.1) is 23.3 Å². The van der Waals surface area contributed by atoms with Crippen molar-refractivity contribution in [3.8, 4) is 28.0 Å². The van der Waals surface area contributed by atoms with Crippen molar-refractivity contribution in [3.63, 3.8) is 0 Å². The van der Waals surface area contributed by atoms with E-state index in [0.717, 1.165) is 12.1 Å². The molecule has 0 aliphatic heterocycles. The van der Waals surface area contributed by atoms with Gasteiger partial charge in [-0.25, -0.2) is 17.6 Å². The number of benzene rings is 4. The molecule has 4 aromatic carbocycles. The van der Waals surface area contributed by atoms with Crippen LogP contribution in [-0.4, -0.2) is 6.61 Å². The summed E-state index contributed by atoms with van der Waals surface area (Å²) in [6.45, 7) is 2.11. The van der Waals surface area contributed by atoms with Crippen molar-refractivity contribution in [1.29, 1.82) is 0 Å². The Hall–Kier alpha value is -3.55. The van der Waals surface area contributed by atoms with Crippen LogP contribution in [0.5, 0.6) is 5.75 Å². The van der Waals surface area contributed by atoms with Crippen LogP contribution in [0.4, 0.5) is 30.7 Å². The first-order valence-corrected chi connectivity index (χ1v) is 9.81. The molecule has 0 aliphatic rings. The van der Waals surface area contributed by atoms with E-state index in [0.29, 0.717) is 18.4 Å². The summed E-state index contributed by atoms with van der Waals surface area (Å²) in [5, 5.41) is -0.600. The van der Waals surface area contributed by atoms with Crippen molar-refractivity contribution in [3.05, 3.63) is 89.5 Å². The molecular formula is C25H15F7O. The number of alkyl halides is 3. The van der Waals surface area contributed by atoms with Crippen LogP contribution in [0.3, 0.4) is 0 Å². The number of fused-ring (bicyclic) bond motifs is 1. The first-order chi connectivity index (χ1) is 15.6. The van der Waals surface area contributed by atoms with Gasteiger partial charge in [0.2, 0.25) is 0 Å². The van der Waals surface area contributed by atoms with Crippen molar-refractivity contribution in [2.45, 2.75) is 13.1 Å². The van der Waals surface area contributed by atoms with Crippen molar-refractivity contribution in [1.82, 2.24) is 0 Å². The van der Waals surface area contributed by atoms with E-state index >= 15 is 0 Å². The molecule has 8 heteroatoms. The predicted molar refractivity (Wildman–Crippen MR) is 111 cm³/mol. The Kier molecular flexibility index (Phi) is 5.78. The Morgan fingerprint density at radius 3 is 1.91 bits per heavy atom. The molecular weight excluding hydrogens is 449 g/mol. The molecule has 0 heterocycles. The molecule has 4 rings (SSSR count). The van der Waals surface area contributed by atoms with E-state index in [1.54, 1.807) is 13.0 Å². The second kappa shape index (κ2) is 8.42. The fourth-order valence-corrected chi connectivity index (χ4v) is 3.66. The highest BCUT2D eigenvalue weighted by molar-refractivity contribution is 5.89. The molecule has 0 saturated carbocycles. The molecule has 170 valence electrons. The van der Waals surface area contributed by atoms with Crippen LogP contribution >= 0.6 is 0 Å². The fraction of sp³-hybridized carbons (Fsp3) is 0.120. The first kappa shape index (κ1) is 22.6. The highest BCUT2D eigenvalue weighted by Gasteiger charge is 2.38. The average molecular weight is 464 g/mol. The van der Waals surface area contributed by atoms with Crippen LogP contribution in [0.15, 0.2) is 60.7 Å². The van der Waals surface area contributed by atoms with Gasteiger partial charge >= 0.3 is 6.18 Å². The number of halogens is 7. The minimum absolute atomic E-state index is 0.0349. The zero-order chi connectivity index (χ0) is 23.9. The first-order valence-electron chi connectivity index (χ1n) is 9.81. The van der Waals surface area contributed by atoms with Crippen molar-refractivity contribution in [2.24, 2.45) is 0 Å². The Bertz CT molecular complexity index is 1360. The third kappa shape index (κ3) is 4.25. The maximum Gasteiger partial charge on any atom is 0.422 e. The molecule has 1 nitrogen and oxygen atoms in total. The third-order valence-corrected chi connectivity index (χ3v) is 5.15. The minimum Gasteiger partial charge on any atom is -0.494 e. The molecule has 0 saturated heterocycles. The Morgan fingerprint density at radius 2 is 1.30 bits per heavy atom. The van der Waals surface area contributed by atoms with Gasteiger partial charge in [0.25, 0.3) is 0 Å². The highest BCUT2D eigenvalue weighted by atomic mass is 19.4. The standard InChI is InChI=1S/C25H15F7O/c1-2-33-16-5-8-18(21(27)12-16)14-3-6-17(20(26)10-14)13-4-7-19-15(9-13)11-22(28)23(24(19)29)25(30,31)32/h3-12H,2H2,1H3. The number of hydrogen-bond acceptors (Lipinski definition) is 1. The zero-order valence-electron chi connectivity index (χ0n) is 17.0. The van der Waals surface area contributed by atoms with E-state index in [1.807, 2.05) is 0 Å². The summed E-state index contributed by atoms with van der Waals surface area (Å²) < 4.78 is 102. The van der Waals surface area contributed by atoms with Crippen LogP contribution < -0.4 is 4.74 Å². The van der Waals surface area contributed by atoms with Gasteiger partial charge in [-0.15, -0.1) is 0 Å². The van der Waals surface area contributed by atoms with Crippen molar-refractivity contribution < 1.29 is 35.5 Å². The largest absolute Gasteiger partial charge is 0.494 e. The minimum atomic E-state index is -5.20. The van der Waals surface area contributed by atoms with E-state index in [9.17, 15) is 30.7 Å². The van der Waals surface area contributed by atoms with E-state index in [4.69, 9.17) is 4.74 Å². The van der Waals surface area contributed by atoms with Gasteiger partial charge in [0, 0.05) is 22.6 Å². The number of ether oxygens (including phenoxy) is 1. The lowest BCUT2D eigenvalue weighted by atomic mass is 9.96. The van der Waals surface area contributed by atoms with Crippen LogP contribution in [0.2, 0.25) is 0 Å². The Morgan fingerprint density at radius 1 is 0.697 bits per heavy atom. The molecule has 0 N–H and O–H groups in total. The lowest BCUT2D eigenvalue weighted by molar-refractivity contribution is -0.142. The van der Waals surface area contributed by atoms with Gasteiger partial charge < -0.3 is 4.74 Å². The molecule has 0 radical (unpaired) electrons. The number of rotatable bonds is 4. The van der Waals surface area contributed by atoms with E-state index in [1.165, 1.54) is 36.4 Å². The molecule has 4 aromatic rings. The predicted octanol–water partition coefficient (Wildman–Crippen LogP) is 8.15. The molecule has 0 unspecified atom stereocenters. The molecule has 33 heavy (non-hydrogen) atoms. The van der Waals surface area contributed by atoms with Crippen molar-refractivity contribution in [2.75, 3.05) is 6.61 Å². The maximum atomic E-state index is 14.9. The van der Waals surface area contributed by atoms with Gasteiger partial charge in [-0.2, -0.15) is 13.2 Å². The molecule has 0 atom stereocenters. The highest BCUT2D eigenvalue weighted by Crippen LogP contribution is 2.38. The lowest BCUT2D eigenvalue weighted by Gasteiger charge is -2.13. The van der Waals surface area contributed by atoms with Gasteiger partial charge in [-0.3, -0.25) is 0 Å². The van der Waals surface area contributed by atoms with Gasteiger partial charge in [-0.05, 0) is 53.8 Å². The zero-order valence-corrected chi connectivity index (χ0v) is 17.0. The summed E-state index contributed by atoms with van der Waals surface area (Å²) in [6.07, 6.45) is -5.20. The second-order valence-electron chi connectivity index (χ2n) is 7.25. The van der Waals surface area contributed by atoms with Crippen molar-refractivity contribution >= 4 is 10.8 Å². The van der Waals surface area contributed by atoms with E-state index in [-0.39, 0.29) is 27.6 Å². The maximum absolute atomic E-state index is 14.9. The Labute approximate surface area is 184 Å². The molecule has 0 fully saturated rings.